The minimum Gasteiger partial charge on any atom is -0.397 e. The highest BCUT2D eigenvalue weighted by molar-refractivity contribution is 7.21. The van der Waals surface area contributed by atoms with Crippen molar-refractivity contribution in [1.29, 1.82) is 0 Å². The number of anilines is 1. The predicted molar refractivity (Wildman–Crippen MR) is 85.5 cm³/mol. The fraction of sp³-hybridized carbons (Fsp3) is 0.267. The highest BCUT2D eigenvalue weighted by Crippen LogP contribution is 2.38. The van der Waals surface area contributed by atoms with Gasteiger partial charge in [0.15, 0.2) is 0 Å². The van der Waals surface area contributed by atoms with Crippen LogP contribution in [-0.4, -0.2) is 23.9 Å². The molecule has 1 aliphatic rings. The molecule has 2 N–H and O–H groups in total. The van der Waals surface area contributed by atoms with E-state index in [1.807, 2.05) is 24.0 Å². The van der Waals surface area contributed by atoms with Gasteiger partial charge in [-0.15, -0.1) is 11.3 Å². The van der Waals surface area contributed by atoms with Crippen molar-refractivity contribution in [1.82, 2.24) is 4.90 Å². The molecule has 0 unspecified atom stereocenters. The lowest BCUT2D eigenvalue weighted by Gasteiger charge is -2.25. The summed E-state index contributed by atoms with van der Waals surface area (Å²) in [6.07, 6.45) is 3.08. The maximum atomic E-state index is 12.6. The zero-order valence-corrected chi connectivity index (χ0v) is 12.7. The average molecular weight is 307 g/mol. The Kier molecular flexibility index (Phi) is 3.44. The van der Waals surface area contributed by atoms with Crippen LogP contribution >= 0.6 is 22.9 Å². The van der Waals surface area contributed by atoms with Gasteiger partial charge in [-0.1, -0.05) is 29.3 Å². The zero-order valence-electron chi connectivity index (χ0n) is 11.1. The molecule has 3 nitrogen and oxygen atoms in total. The smallest absolute Gasteiger partial charge is 0.266 e. The molecule has 0 spiro atoms. The minimum absolute atomic E-state index is 0.00668. The van der Waals surface area contributed by atoms with Crippen molar-refractivity contribution in [2.75, 3.05) is 18.8 Å². The van der Waals surface area contributed by atoms with E-state index in [1.54, 1.807) is 6.07 Å². The summed E-state index contributed by atoms with van der Waals surface area (Å²) in [4.78, 5) is 15.1. The second-order valence-corrected chi connectivity index (χ2v) is 6.48. The van der Waals surface area contributed by atoms with Crippen molar-refractivity contribution in [3.8, 4) is 0 Å². The van der Waals surface area contributed by atoms with Crippen LogP contribution in [0.2, 0.25) is 5.02 Å². The number of halogens is 1. The summed E-state index contributed by atoms with van der Waals surface area (Å²) in [5.74, 6) is 0.00668. The molecule has 0 aliphatic carbocycles. The first-order valence-electron chi connectivity index (χ1n) is 6.49. The first kappa shape index (κ1) is 13.5. The molecular formula is C15H15ClN2OS. The summed E-state index contributed by atoms with van der Waals surface area (Å²) in [5.41, 5.74) is 7.88. The minimum atomic E-state index is 0.00668. The van der Waals surface area contributed by atoms with Gasteiger partial charge in [0.05, 0.1) is 10.7 Å². The van der Waals surface area contributed by atoms with Crippen molar-refractivity contribution < 1.29 is 4.79 Å². The summed E-state index contributed by atoms with van der Waals surface area (Å²) >= 11 is 7.60. The number of carbonyl (C=O) groups is 1. The van der Waals surface area contributed by atoms with Crippen molar-refractivity contribution >= 4 is 44.6 Å². The quantitative estimate of drug-likeness (QED) is 0.811. The van der Waals surface area contributed by atoms with Crippen LogP contribution in [0.15, 0.2) is 29.8 Å². The van der Waals surface area contributed by atoms with E-state index in [9.17, 15) is 4.79 Å². The Hall–Kier alpha value is -1.52. The van der Waals surface area contributed by atoms with Crippen LogP contribution in [0.1, 0.15) is 23.0 Å². The van der Waals surface area contributed by atoms with Crippen LogP contribution in [0.5, 0.6) is 0 Å². The topological polar surface area (TPSA) is 46.3 Å². The number of nitrogens with zero attached hydrogens (tertiary/aromatic N) is 1. The molecule has 1 aromatic heterocycles. The lowest BCUT2D eigenvalue weighted by atomic mass is 10.1. The van der Waals surface area contributed by atoms with Gasteiger partial charge < -0.3 is 10.6 Å². The molecule has 2 aromatic rings. The summed E-state index contributed by atoms with van der Waals surface area (Å²) in [7, 11) is 0. The number of hydrogen-bond acceptors (Lipinski definition) is 3. The first-order chi connectivity index (χ1) is 9.58. The predicted octanol–water partition coefficient (Wildman–Crippen LogP) is 3.93. The second kappa shape index (κ2) is 5.11. The van der Waals surface area contributed by atoms with Gasteiger partial charge in [0.25, 0.3) is 5.91 Å². The molecular weight excluding hydrogens is 292 g/mol. The molecule has 0 radical (unpaired) electrons. The third-order valence-corrected chi connectivity index (χ3v) is 4.99. The lowest BCUT2D eigenvalue weighted by molar-refractivity contribution is 0.0772. The zero-order chi connectivity index (χ0) is 14.3. The molecule has 1 aliphatic heterocycles. The molecule has 0 atom stereocenters. The van der Waals surface area contributed by atoms with Crippen LogP contribution in [0.25, 0.3) is 10.1 Å². The van der Waals surface area contributed by atoms with Gasteiger partial charge in [-0.05, 0) is 25.5 Å². The van der Waals surface area contributed by atoms with Crippen molar-refractivity contribution in [3.05, 3.63) is 39.7 Å². The molecule has 104 valence electrons. The number of amides is 1. The van der Waals surface area contributed by atoms with Crippen LogP contribution in [-0.2, 0) is 0 Å². The van der Waals surface area contributed by atoms with Gasteiger partial charge >= 0.3 is 0 Å². The van der Waals surface area contributed by atoms with E-state index in [1.165, 1.54) is 16.9 Å². The molecule has 0 bridgehead atoms. The largest absolute Gasteiger partial charge is 0.397 e. The molecule has 20 heavy (non-hydrogen) atoms. The van der Waals surface area contributed by atoms with Crippen LogP contribution in [0.4, 0.5) is 5.69 Å². The van der Waals surface area contributed by atoms with E-state index in [2.05, 4.69) is 6.08 Å². The Balaban J connectivity index is 2.02. The summed E-state index contributed by atoms with van der Waals surface area (Å²) in [6, 6.07) is 5.62. The summed E-state index contributed by atoms with van der Waals surface area (Å²) in [6.45, 7) is 3.47. The van der Waals surface area contributed by atoms with Crippen LogP contribution in [0, 0.1) is 0 Å². The molecule has 1 amide bonds. The molecule has 1 aromatic carbocycles. The highest BCUT2D eigenvalue weighted by atomic mass is 35.5. The number of nitrogens with two attached hydrogens (primary N) is 1. The second-order valence-electron chi connectivity index (χ2n) is 5.02. The molecule has 0 fully saturated rings. The number of hydrogen-bond donors (Lipinski definition) is 1. The van der Waals surface area contributed by atoms with E-state index in [0.29, 0.717) is 22.1 Å². The Morgan fingerprint density at radius 1 is 1.45 bits per heavy atom. The van der Waals surface area contributed by atoms with Gasteiger partial charge in [-0.3, -0.25) is 4.79 Å². The molecule has 0 saturated carbocycles. The number of benzene rings is 1. The monoisotopic (exact) mass is 306 g/mol. The van der Waals surface area contributed by atoms with Gasteiger partial charge in [0.2, 0.25) is 0 Å². The SMILES string of the molecule is CC1=CCCN(C(=O)c2sc3cccc(Cl)c3c2N)C1. The number of thiophene rings is 1. The standard InChI is InChI=1S/C15H15ClN2OS/c1-9-4-3-7-18(8-9)15(19)14-13(17)12-10(16)5-2-6-11(12)20-14/h2,4-6H,3,7-8,17H2,1H3. The molecule has 5 heteroatoms. The van der Waals surface area contributed by atoms with E-state index in [4.69, 9.17) is 17.3 Å². The van der Waals surface area contributed by atoms with Gasteiger partial charge in [0, 0.05) is 23.2 Å². The Morgan fingerprint density at radius 2 is 2.25 bits per heavy atom. The van der Waals surface area contributed by atoms with E-state index in [0.717, 1.165) is 23.1 Å². The third kappa shape index (κ3) is 2.19. The number of rotatable bonds is 1. The van der Waals surface area contributed by atoms with Crippen molar-refractivity contribution in [3.63, 3.8) is 0 Å². The van der Waals surface area contributed by atoms with E-state index >= 15 is 0 Å². The van der Waals surface area contributed by atoms with Gasteiger partial charge in [-0.25, -0.2) is 0 Å². The van der Waals surface area contributed by atoms with E-state index in [-0.39, 0.29) is 5.91 Å². The Labute approximate surface area is 126 Å². The normalized spacial score (nSPS) is 15.5. The maximum absolute atomic E-state index is 12.6. The number of carbonyl (C=O) groups excluding carboxylic acids is 1. The number of fused-ring (bicyclic) bond motifs is 1. The molecule has 0 saturated heterocycles. The third-order valence-electron chi connectivity index (χ3n) is 3.51. The van der Waals surface area contributed by atoms with Crippen LogP contribution in [0.3, 0.4) is 0 Å². The average Bonchev–Trinajstić information content (AvgIpc) is 2.76. The van der Waals surface area contributed by atoms with Crippen molar-refractivity contribution in [2.45, 2.75) is 13.3 Å². The maximum Gasteiger partial charge on any atom is 0.266 e. The fourth-order valence-electron chi connectivity index (χ4n) is 2.52. The lowest BCUT2D eigenvalue weighted by Crippen LogP contribution is -2.35. The van der Waals surface area contributed by atoms with Gasteiger partial charge in [-0.2, -0.15) is 0 Å². The van der Waals surface area contributed by atoms with E-state index < -0.39 is 0 Å². The van der Waals surface area contributed by atoms with Crippen LogP contribution < -0.4 is 5.73 Å². The Morgan fingerprint density at radius 3 is 2.95 bits per heavy atom. The summed E-state index contributed by atoms with van der Waals surface area (Å²) in [5, 5.41) is 1.40. The van der Waals surface area contributed by atoms with Crippen molar-refractivity contribution in [2.24, 2.45) is 0 Å². The molecule has 2 heterocycles. The van der Waals surface area contributed by atoms with Gasteiger partial charge in [0.1, 0.15) is 4.88 Å². The molecule has 3 rings (SSSR count). The first-order valence-corrected chi connectivity index (χ1v) is 7.69. The Bertz CT molecular complexity index is 720. The highest BCUT2D eigenvalue weighted by Gasteiger charge is 2.24. The fourth-order valence-corrected chi connectivity index (χ4v) is 3.97. The number of nitrogen functional groups attached to an aromatic ring is 1. The summed E-state index contributed by atoms with van der Waals surface area (Å²) < 4.78 is 0.961.